The fraction of sp³-hybridized carbons (Fsp3) is 0.375. The van der Waals surface area contributed by atoms with E-state index in [-0.39, 0.29) is 18.3 Å². The highest BCUT2D eigenvalue weighted by atomic mass is 35.5. The Morgan fingerprint density at radius 2 is 2.09 bits per heavy atom. The van der Waals surface area contributed by atoms with Crippen LogP contribution < -0.4 is 10.6 Å². The van der Waals surface area contributed by atoms with Gasteiger partial charge in [0.1, 0.15) is 0 Å². The Bertz CT molecular complexity index is 595. The first-order chi connectivity index (χ1) is 10.3. The van der Waals surface area contributed by atoms with Crippen molar-refractivity contribution in [3.8, 4) is 5.69 Å². The van der Waals surface area contributed by atoms with Gasteiger partial charge in [0, 0.05) is 38.2 Å². The van der Waals surface area contributed by atoms with Crippen LogP contribution in [-0.2, 0) is 11.2 Å². The molecule has 1 aliphatic heterocycles. The molecule has 1 saturated heterocycles. The summed E-state index contributed by atoms with van der Waals surface area (Å²) in [5.74, 6) is 0.726. The van der Waals surface area contributed by atoms with Crippen molar-refractivity contribution in [1.29, 1.82) is 0 Å². The molecule has 1 aromatic heterocycles. The van der Waals surface area contributed by atoms with E-state index in [1.54, 1.807) is 0 Å². The molecule has 2 N–H and O–H groups in total. The molecule has 0 radical (unpaired) electrons. The maximum Gasteiger partial charge on any atom is 0.220 e. The van der Waals surface area contributed by atoms with Crippen LogP contribution in [0.25, 0.3) is 5.69 Å². The molecule has 0 aliphatic carbocycles. The molecular weight excluding hydrogens is 300 g/mol. The molecule has 0 atom stereocenters. The molecule has 3 rings (SSSR count). The van der Waals surface area contributed by atoms with Crippen LogP contribution in [0.3, 0.4) is 0 Å². The van der Waals surface area contributed by atoms with Crippen molar-refractivity contribution in [2.24, 2.45) is 5.92 Å². The molecule has 5 nitrogen and oxygen atoms in total. The van der Waals surface area contributed by atoms with E-state index in [0.717, 1.165) is 37.3 Å². The summed E-state index contributed by atoms with van der Waals surface area (Å²) in [6.45, 7) is 2.82. The van der Waals surface area contributed by atoms with Crippen LogP contribution in [0.1, 0.15) is 12.0 Å². The van der Waals surface area contributed by atoms with E-state index in [1.165, 1.54) is 0 Å². The standard InChI is InChI=1S/C16H20N4O.ClH/c21-16(18-10-14-8-17-9-14)7-6-13-11-19-20(12-13)15-4-2-1-3-5-15;/h1-5,11-12,14,17H,6-10H2,(H,18,21);1H. The van der Waals surface area contributed by atoms with E-state index in [2.05, 4.69) is 15.7 Å². The molecule has 0 spiro atoms. The van der Waals surface area contributed by atoms with Gasteiger partial charge in [-0.05, 0) is 24.1 Å². The number of halogens is 1. The number of nitrogens with one attached hydrogen (secondary N) is 2. The van der Waals surface area contributed by atoms with Crippen LogP contribution >= 0.6 is 12.4 Å². The highest BCUT2D eigenvalue weighted by molar-refractivity contribution is 5.85. The molecule has 6 heteroatoms. The normalized spacial score (nSPS) is 14.0. The third kappa shape index (κ3) is 4.32. The number of nitrogens with zero attached hydrogens (tertiary/aromatic N) is 2. The van der Waals surface area contributed by atoms with E-state index in [0.29, 0.717) is 12.3 Å². The van der Waals surface area contributed by atoms with Gasteiger partial charge in [-0.3, -0.25) is 4.79 Å². The van der Waals surface area contributed by atoms with E-state index in [4.69, 9.17) is 0 Å². The van der Waals surface area contributed by atoms with Gasteiger partial charge in [0.05, 0.1) is 11.9 Å². The SMILES string of the molecule is Cl.O=C(CCc1cnn(-c2ccccc2)c1)NCC1CNC1. The van der Waals surface area contributed by atoms with E-state index >= 15 is 0 Å². The zero-order valence-corrected chi connectivity index (χ0v) is 13.2. The first-order valence-electron chi connectivity index (χ1n) is 7.37. The Balaban J connectivity index is 0.00000176. The predicted molar refractivity (Wildman–Crippen MR) is 88.5 cm³/mol. The van der Waals surface area contributed by atoms with Gasteiger partial charge in [-0.1, -0.05) is 18.2 Å². The minimum absolute atomic E-state index is 0. The Hall–Kier alpha value is -1.85. The van der Waals surface area contributed by atoms with Crippen LogP contribution in [0.2, 0.25) is 0 Å². The first kappa shape index (κ1) is 16.5. The zero-order valence-electron chi connectivity index (χ0n) is 12.4. The van der Waals surface area contributed by atoms with Crippen LogP contribution in [0, 0.1) is 5.92 Å². The molecule has 1 fully saturated rings. The molecule has 0 bridgehead atoms. The number of hydrogen-bond donors (Lipinski definition) is 2. The fourth-order valence-electron chi connectivity index (χ4n) is 2.31. The molecule has 22 heavy (non-hydrogen) atoms. The van der Waals surface area contributed by atoms with Gasteiger partial charge in [0.2, 0.25) is 5.91 Å². The van der Waals surface area contributed by atoms with E-state index < -0.39 is 0 Å². The number of carbonyl (C=O) groups is 1. The maximum absolute atomic E-state index is 11.8. The van der Waals surface area contributed by atoms with E-state index in [9.17, 15) is 4.79 Å². The van der Waals surface area contributed by atoms with Crippen molar-refractivity contribution < 1.29 is 4.79 Å². The van der Waals surface area contributed by atoms with Crippen LogP contribution in [0.4, 0.5) is 0 Å². The topological polar surface area (TPSA) is 59.0 Å². The van der Waals surface area contributed by atoms with Crippen molar-refractivity contribution in [2.75, 3.05) is 19.6 Å². The second-order valence-electron chi connectivity index (χ2n) is 5.46. The van der Waals surface area contributed by atoms with Crippen LogP contribution in [-0.4, -0.2) is 35.3 Å². The molecule has 1 amide bonds. The van der Waals surface area contributed by atoms with Gasteiger partial charge in [-0.25, -0.2) is 4.68 Å². The Labute approximate surface area is 136 Å². The highest BCUT2D eigenvalue weighted by Crippen LogP contribution is 2.09. The summed E-state index contributed by atoms with van der Waals surface area (Å²) in [5.41, 5.74) is 2.12. The second-order valence-corrected chi connectivity index (χ2v) is 5.46. The number of rotatable bonds is 6. The average Bonchev–Trinajstić information content (AvgIpc) is 2.93. The van der Waals surface area contributed by atoms with Gasteiger partial charge in [-0.15, -0.1) is 12.4 Å². The fourth-order valence-corrected chi connectivity index (χ4v) is 2.31. The van der Waals surface area contributed by atoms with Gasteiger partial charge < -0.3 is 10.6 Å². The summed E-state index contributed by atoms with van der Waals surface area (Å²) in [4.78, 5) is 11.8. The molecule has 1 aromatic carbocycles. The predicted octanol–water partition coefficient (Wildman–Crippen LogP) is 1.56. The summed E-state index contributed by atoms with van der Waals surface area (Å²) in [6.07, 6.45) is 5.05. The number of aromatic nitrogens is 2. The molecule has 2 heterocycles. The Kier molecular flexibility index (Phi) is 5.98. The van der Waals surface area contributed by atoms with E-state index in [1.807, 2.05) is 47.4 Å². The molecular formula is C16H21ClN4O. The summed E-state index contributed by atoms with van der Waals surface area (Å²) in [5, 5.41) is 10.5. The second kappa shape index (κ2) is 7.96. The third-order valence-corrected chi connectivity index (χ3v) is 3.75. The molecule has 118 valence electrons. The monoisotopic (exact) mass is 320 g/mol. The van der Waals surface area contributed by atoms with Crippen LogP contribution in [0.15, 0.2) is 42.7 Å². The molecule has 1 aliphatic rings. The van der Waals surface area contributed by atoms with Gasteiger partial charge in [0.25, 0.3) is 0 Å². The van der Waals surface area contributed by atoms with Crippen molar-refractivity contribution >= 4 is 18.3 Å². The Morgan fingerprint density at radius 1 is 1.32 bits per heavy atom. The minimum atomic E-state index is 0. The summed E-state index contributed by atoms with van der Waals surface area (Å²) in [7, 11) is 0. The van der Waals surface area contributed by atoms with Gasteiger partial charge in [0.15, 0.2) is 0 Å². The number of benzene rings is 1. The number of amides is 1. The summed E-state index contributed by atoms with van der Waals surface area (Å²) >= 11 is 0. The van der Waals surface area contributed by atoms with Gasteiger partial charge in [-0.2, -0.15) is 5.10 Å². The van der Waals surface area contributed by atoms with Gasteiger partial charge >= 0.3 is 0 Å². The summed E-state index contributed by atoms with van der Waals surface area (Å²) in [6, 6.07) is 9.97. The quantitative estimate of drug-likeness (QED) is 0.849. The number of para-hydroxylation sites is 1. The van der Waals surface area contributed by atoms with Crippen molar-refractivity contribution in [3.63, 3.8) is 0 Å². The lowest BCUT2D eigenvalue weighted by Crippen LogP contribution is -2.48. The number of aryl methyl sites for hydroxylation is 1. The maximum atomic E-state index is 11.8. The van der Waals surface area contributed by atoms with Crippen molar-refractivity contribution in [3.05, 3.63) is 48.3 Å². The highest BCUT2D eigenvalue weighted by Gasteiger charge is 2.16. The molecule has 2 aromatic rings. The zero-order chi connectivity index (χ0) is 14.5. The number of hydrogen-bond acceptors (Lipinski definition) is 3. The lowest BCUT2D eigenvalue weighted by Gasteiger charge is -2.27. The molecule has 0 unspecified atom stereocenters. The lowest BCUT2D eigenvalue weighted by atomic mass is 10.0. The summed E-state index contributed by atoms with van der Waals surface area (Å²) < 4.78 is 1.84. The smallest absolute Gasteiger partial charge is 0.220 e. The molecule has 0 saturated carbocycles. The van der Waals surface area contributed by atoms with Crippen molar-refractivity contribution in [2.45, 2.75) is 12.8 Å². The first-order valence-corrected chi connectivity index (χ1v) is 7.37. The lowest BCUT2D eigenvalue weighted by molar-refractivity contribution is -0.121. The van der Waals surface area contributed by atoms with Crippen LogP contribution in [0.5, 0.6) is 0 Å². The average molecular weight is 321 g/mol. The Morgan fingerprint density at radius 3 is 2.77 bits per heavy atom. The third-order valence-electron chi connectivity index (χ3n) is 3.75. The number of carbonyl (C=O) groups excluding carboxylic acids is 1. The minimum Gasteiger partial charge on any atom is -0.356 e. The largest absolute Gasteiger partial charge is 0.356 e. The van der Waals surface area contributed by atoms with Crippen molar-refractivity contribution in [1.82, 2.24) is 20.4 Å².